The minimum Gasteiger partial charge on any atom is -0.349 e. The van der Waals surface area contributed by atoms with E-state index >= 15 is 0 Å². The quantitative estimate of drug-likeness (QED) is 0.718. The first-order valence-electron chi connectivity index (χ1n) is 9.30. The van der Waals surface area contributed by atoms with Gasteiger partial charge in [0.05, 0.1) is 17.4 Å². The first-order chi connectivity index (χ1) is 12.6. The Kier molecular flexibility index (Phi) is 5.09. The molecule has 2 amide bonds. The van der Waals surface area contributed by atoms with Crippen molar-refractivity contribution in [3.63, 3.8) is 0 Å². The molecule has 2 aliphatic heterocycles. The fourth-order valence-corrected chi connectivity index (χ4v) is 6.56. The second-order valence-electron chi connectivity index (χ2n) is 7.96. The van der Waals surface area contributed by atoms with Gasteiger partial charge >= 0.3 is 0 Å². The van der Waals surface area contributed by atoms with Crippen LogP contribution < -0.4 is 0 Å². The normalized spacial score (nSPS) is 22.7. The molecule has 0 radical (unpaired) electrons. The fraction of sp³-hybridized carbons (Fsp3) is 0.722. The number of rotatable bonds is 5. The topological polar surface area (TPSA) is 92.6 Å². The predicted octanol–water partition coefficient (Wildman–Crippen LogP) is 0.384. The van der Waals surface area contributed by atoms with Crippen LogP contribution in [0.3, 0.4) is 0 Å². The Labute approximate surface area is 160 Å². The van der Waals surface area contributed by atoms with Crippen LogP contribution in [-0.2, 0) is 26.0 Å². The third kappa shape index (κ3) is 3.37. The molecule has 2 saturated heterocycles. The van der Waals surface area contributed by atoms with Crippen molar-refractivity contribution < 1.29 is 18.0 Å². The van der Waals surface area contributed by atoms with Crippen molar-refractivity contribution in [1.29, 1.82) is 0 Å². The zero-order valence-electron chi connectivity index (χ0n) is 16.4. The molecule has 2 aliphatic rings. The van der Waals surface area contributed by atoms with Crippen LogP contribution in [0.2, 0.25) is 0 Å². The summed E-state index contributed by atoms with van der Waals surface area (Å²) in [6.07, 6.45) is 1.34. The lowest BCUT2D eigenvalue weighted by atomic mass is 9.82. The third-order valence-corrected chi connectivity index (χ3v) is 8.36. The van der Waals surface area contributed by atoms with Crippen molar-refractivity contribution in [3.05, 3.63) is 17.5 Å². The first-order valence-corrected chi connectivity index (χ1v) is 10.9. The van der Waals surface area contributed by atoms with Crippen molar-refractivity contribution in [1.82, 2.24) is 19.6 Å². The van der Waals surface area contributed by atoms with Crippen LogP contribution in [0.25, 0.3) is 0 Å². The van der Waals surface area contributed by atoms with Gasteiger partial charge in [0.15, 0.2) is 9.84 Å². The SMILES string of the molecule is Cc1cc(C)n(CCCC(=O)N2CC3(C2)C(C(=O)N(C)C)CCS3(=O)=O)n1. The van der Waals surface area contributed by atoms with Gasteiger partial charge in [-0.25, -0.2) is 8.42 Å². The minimum atomic E-state index is -3.37. The van der Waals surface area contributed by atoms with Gasteiger partial charge < -0.3 is 9.80 Å². The summed E-state index contributed by atoms with van der Waals surface area (Å²) in [4.78, 5) is 27.9. The number of hydrogen-bond acceptors (Lipinski definition) is 5. The number of carbonyl (C=O) groups excluding carboxylic acids is 2. The van der Waals surface area contributed by atoms with Crippen molar-refractivity contribution in [2.75, 3.05) is 32.9 Å². The number of sulfone groups is 1. The number of hydrogen-bond donors (Lipinski definition) is 0. The number of aromatic nitrogens is 2. The molecule has 0 N–H and O–H groups in total. The monoisotopic (exact) mass is 396 g/mol. The Morgan fingerprint density at radius 1 is 1.30 bits per heavy atom. The number of amides is 2. The van der Waals surface area contributed by atoms with E-state index in [0.29, 0.717) is 25.8 Å². The van der Waals surface area contributed by atoms with E-state index in [1.54, 1.807) is 19.0 Å². The Balaban J connectivity index is 1.58. The zero-order valence-corrected chi connectivity index (χ0v) is 17.3. The molecule has 1 aromatic heterocycles. The van der Waals surface area contributed by atoms with Crippen LogP contribution in [0.15, 0.2) is 6.07 Å². The summed E-state index contributed by atoms with van der Waals surface area (Å²) in [6, 6.07) is 1.99. The standard InChI is InChI=1S/C18H28N4O4S/c1-13-10-14(2)22(19-13)8-5-6-16(23)21-11-18(12-21)15(17(24)20(3)4)7-9-27(18,25)26/h10,15H,5-9,11-12H2,1-4H3. The molecule has 2 fully saturated rings. The van der Waals surface area contributed by atoms with Crippen molar-refractivity contribution in [2.24, 2.45) is 5.92 Å². The molecule has 150 valence electrons. The second-order valence-corrected chi connectivity index (χ2v) is 10.4. The Morgan fingerprint density at radius 2 is 1.96 bits per heavy atom. The number of carbonyl (C=O) groups is 2. The molecule has 8 nitrogen and oxygen atoms in total. The van der Waals surface area contributed by atoms with E-state index in [1.165, 1.54) is 4.90 Å². The average molecular weight is 397 g/mol. The van der Waals surface area contributed by atoms with E-state index in [1.807, 2.05) is 24.6 Å². The first kappa shape index (κ1) is 19.9. The lowest BCUT2D eigenvalue weighted by Crippen LogP contribution is -2.69. The lowest BCUT2D eigenvalue weighted by Gasteiger charge is -2.49. The Morgan fingerprint density at radius 3 is 2.52 bits per heavy atom. The predicted molar refractivity (Wildman–Crippen MR) is 101 cm³/mol. The van der Waals surface area contributed by atoms with Crippen molar-refractivity contribution in [3.8, 4) is 0 Å². The molecule has 0 aliphatic carbocycles. The highest BCUT2D eigenvalue weighted by Crippen LogP contribution is 2.45. The molecule has 1 aromatic rings. The molecule has 1 atom stereocenters. The second kappa shape index (κ2) is 6.92. The van der Waals surface area contributed by atoms with Gasteiger partial charge in [-0.3, -0.25) is 14.3 Å². The van der Waals surface area contributed by atoms with Crippen molar-refractivity contribution in [2.45, 2.75) is 44.4 Å². The zero-order chi connectivity index (χ0) is 20.0. The Bertz CT molecular complexity index is 853. The van der Waals surface area contributed by atoms with Gasteiger partial charge in [0, 0.05) is 45.8 Å². The highest BCUT2D eigenvalue weighted by Gasteiger charge is 2.64. The van der Waals surface area contributed by atoms with Gasteiger partial charge in [-0.15, -0.1) is 0 Å². The van der Waals surface area contributed by atoms with Gasteiger partial charge in [0.1, 0.15) is 4.75 Å². The van der Waals surface area contributed by atoms with E-state index in [0.717, 1.165) is 11.4 Å². The molecule has 0 bridgehead atoms. The maximum atomic E-state index is 12.6. The third-order valence-electron chi connectivity index (χ3n) is 5.80. The molecule has 3 heterocycles. The maximum Gasteiger partial charge on any atom is 0.226 e. The minimum absolute atomic E-state index is 0.0250. The highest BCUT2D eigenvalue weighted by atomic mass is 32.2. The summed E-state index contributed by atoms with van der Waals surface area (Å²) in [6.45, 7) is 4.84. The van der Waals surface area contributed by atoms with Crippen LogP contribution in [-0.4, -0.2) is 77.5 Å². The number of aryl methyl sites for hydroxylation is 3. The van der Waals surface area contributed by atoms with Gasteiger partial charge in [0.2, 0.25) is 11.8 Å². The Hall–Kier alpha value is -1.90. The van der Waals surface area contributed by atoms with E-state index in [2.05, 4.69) is 5.10 Å². The van der Waals surface area contributed by atoms with Crippen LogP contribution >= 0.6 is 0 Å². The smallest absolute Gasteiger partial charge is 0.226 e. The van der Waals surface area contributed by atoms with E-state index in [-0.39, 0.29) is 30.7 Å². The van der Waals surface area contributed by atoms with E-state index in [4.69, 9.17) is 0 Å². The summed E-state index contributed by atoms with van der Waals surface area (Å²) in [5.41, 5.74) is 2.01. The van der Waals surface area contributed by atoms with Gasteiger partial charge in [-0.1, -0.05) is 0 Å². The average Bonchev–Trinajstić information content (AvgIpc) is 3.00. The largest absolute Gasteiger partial charge is 0.349 e. The summed E-state index contributed by atoms with van der Waals surface area (Å²) < 4.78 is 26.0. The molecule has 27 heavy (non-hydrogen) atoms. The highest BCUT2D eigenvalue weighted by molar-refractivity contribution is 7.93. The van der Waals surface area contributed by atoms with Crippen LogP contribution in [0.5, 0.6) is 0 Å². The summed E-state index contributed by atoms with van der Waals surface area (Å²) in [5, 5.41) is 4.38. The molecular formula is C18H28N4O4S. The maximum absolute atomic E-state index is 12.6. The van der Waals surface area contributed by atoms with Gasteiger partial charge in [-0.05, 0) is 32.8 Å². The summed E-state index contributed by atoms with van der Waals surface area (Å²) in [7, 11) is -0.0850. The molecule has 3 rings (SSSR count). The molecule has 0 aromatic carbocycles. The number of nitrogens with zero attached hydrogens (tertiary/aromatic N) is 4. The fourth-order valence-electron chi connectivity index (χ4n) is 4.25. The molecular weight excluding hydrogens is 368 g/mol. The van der Waals surface area contributed by atoms with Crippen LogP contribution in [0.1, 0.15) is 30.7 Å². The molecule has 1 spiro atoms. The van der Waals surface area contributed by atoms with Gasteiger partial charge in [-0.2, -0.15) is 5.10 Å². The van der Waals surface area contributed by atoms with E-state index < -0.39 is 20.5 Å². The lowest BCUT2D eigenvalue weighted by molar-refractivity contribution is -0.143. The van der Waals surface area contributed by atoms with Gasteiger partial charge in [0.25, 0.3) is 0 Å². The number of likely N-dealkylation sites (tertiary alicyclic amines) is 1. The summed E-state index contributed by atoms with van der Waals surface area (Å²) in [5.74, 6) is -0.735. The molecule has 0 saturated carbocycles. The van der Waals surface area contributed by atoms with Crippen LogP contribution in [0.4, 0.5) is 0 Å². The summed E-state index contributed by atoms with van der Waals surface area (Å²) >= 11 is 0. The van der Waals surface area contributed by atoms with E-state index in [9.17, 15) is 18.0 Å². The van der Waals surface area contributed by atoms with Crippen LogP contribution in [0, 0.1) is 19.8 Å². The molecule has 9 heteroatoms. The molecule has 1 unspecified atom stereocenters. The van der Waals surface area contributed by atoms with Crippen molar-refractivity contribution >= 4 is 21.7 Å².